The molecule has 1 atom stereocenters. The van der Waals surface area contributed by atoms with E-state index in [9.17, 15) is 13.2 Å². The maximum absolute atomic E-state index is 13.7. The van der Waals surface area contributed by atoms with Crippen molar-refractivity contribution < 1.29 is 13.2 Å². The summed E-state index contributed by atoms with van der Waals surface area (Å²) in [6, 6.07) is 4.61. The van der Waals surface area contributed by atoms with E-state index in [0.29, 0.717) is 23.2 Å². The van der Waals surface area contributed by atoms with Gasteiger partial charge in [0.15, 0.2) is 0 Å². The molecule has 0 aliphatic carbocycles. The predicted molar refractivity (Wildman–Crippen MR) is 121 cm³/mol. The average molecular weight is 421 g/mol. The largest absolute Gasteiger partial charge is 0.416 e. The number of hydrogen-bond acceptors (Lipinski definition) is 2. The highest BCUT2D eigenvalue weighted by atomic mass is 19.4. The molecule has 0 spiro atoms. The van der Waals surface area contributed by atoms with Gasteiger partial charge in [-0.25, -0.2) is 0 Å². The highest BCUT2D eigenvalue weighted by molar-refractivity contribution is 5.93. The van der Waals surface area contributed by atoms with Crippen LogP contribution in [0.5, 0.6) is 0 Å². The van der Waals surface area contributed by atoms with Gasteiger partial charge in [-0.15, -0.1) is 0 Å². The lowest BCUT2D eigenvalue weighted by Crippen LogP contribution is -2.31. The number of likely N-dealkylation sites (N-methyl/N-ethyl adjacent to an activating group) is 1. The van der Waals surface area contributed by atoms with Gasteiger partial charge < -0.3 is 0 Å². The minimum Gasteiger partial charge on any atom is -0.291 e. The summed E-state index contributed by atoms with van der Waals surface area (Å²) in [6.07, 6.45) is 7.86. The van der Waals surface area contributed by atoms with Crippen molar-refractivity contribution in [3.8, 4) is 0 Å². The fourth-order valence-corrected chi connectivity index (χ4v) is 3.93. The summed E-state index contributed by atoms with van der Waals surface area (Å²) in [4.78, 5) is 6.63. The summed E-state index contributed by atoms with van der Waals surface area (Å²) in [5.41, 5.74) is 1.44. The monoisotopic (exact) mass is 420 g/mol. The molecule has 2 nitrogen and oxygen atoms in total. The minimum atomic E-state index is -4.38. The number of hydrogen-bond donors (Lipinski definition) is 0. The molecule has 0 aromatic heterocycles. The topological polar surface area (TPSA) is 15.6 Å². The quantitative estimate of drug-likeness (QED) is 0.208. The predicted octanol–water partition coefficient (Wildman–Crippen LogP) is 7.30. The van der Waals surface area contributed by atoms with E-state index in [1.807, 2.05) is 14.0 Å². The first-order valence-electron chi connectivity index (χ1n) is 11.1. The highest BCUT2D eigenvalue weighted by Gasteiger charge is 2.33. The summed E-state index contributed by atoms with van der Waals surface area (Å²) < 4.78 is 41.1. The number of rotatable bonds is 11. The first kappa shape index (κ1) is 24.4. The van der Waals surface area contributed by atoms with Crippen LogP contribution in [0.4, 0.5) is 13.2 Å². The molecular weight excluding hydrogens is 385 g/mol. The van der Waals surface area contributed by atoms with E-state index >= 15 is 0 Å². The highest BCUT2D eigenvalue weighted by Crippen LogP contribution is 2.35. The second-order valence-electron chi connectivity index (χ2n) is 8.25. The standard InChI is InChI=1S/C25H35F3N2/c1-5-6-7-8-9-10-11-13-21-15-16-22(18-23(21)25(26,27)28)19(2)29-20(3)24-14-12-17-30(24)4/h12,14-16,18,24H,2,5-11,13,17H2,1,3-4H3. The van der Waals surface area contributed by atoms with Crippen molar-refractivity contribution in [2.75, 3.05) is 13.6 Å². The molecule has 0 bridgehead atoms. The molecule has 0 saturated carbocycles. The fourth-order valence-electron chi connectivity index (χ4n) is 3.93. The van der Waals surface area contributed by atoms with E-state index in [0.717, 1.165) is 31.5 Å². The SMILES string of the molecule is C=C(N=C(C)C1C=CCN1C)c1ccc(CCCCCCCCC)c(C(F)(F)F)c1. The van der Waals surface area contributed by atoms with Gasteiger partial charge in [-0.1, -0.05) is 76.3 Å². The van der Waals surface area contributed by atoms with Gasteiger partial charge in [0.2, 0.25) is 0 Å². The second-order valence-corrected chi connectivity index (χ2v) is 8.25. The maximum Gasteiger partial charge on any atom is 0.416 e. The molecule has 1 heterocycles. The molecule has 0 amide bonds. The average Bonchev–Trinajstić information content (AvgIpc) is 3.12. The molecule has 30 heavy (non-hydrogen) atoms. The van der Waals surface area contributed by atoms with Gasteiger partial charge in [-0.3, -0.25) is 9.89 Å². The third-order valence-electron chi connectivity index (χ3n) is 5.72. The number of nitrogens with zero attached hydrogens (tertiary/aromatic N) is 2. The molecule has 0 saturated heterocycles. The van der Waals surface area contributed by atoms with Crippen molar-refractivity contribution in [2.24, 2.45) is 4.99 Å². The van der Waals surface area contributed by atoms with E-state index in [-0.39, 0.29) is 6.04 Å². The Labute approximate surface area is 179 Å². The number of aryl methyl sites for hydroxylation is 1. The lowest BCUT2D eigenvalue weighted by atomic mass is 9.97. The van der Waals surface area contributed by atoms with Gasteiger partial charge in [-0.2, -0.15) is 13.2 Å². The van der Waals surface area contributed by atoms with E-state index in [2.05, 4.69) is 35.5 Å². The normalized spacial score (nSPS) is 17.7. The Bertz CT molecular complexity index is 762. The van der Waals surface area contributed by atoms with Crippen molar-refractivity contribution in [2.45, 2.75) is 77.4 Å². The van der Waals surface area contributed by atoms with Crippen molar-refractivity contribution in [1.82, 2.24) is 4.90 Å². The number of halogens is 3. The fraction of sp³-hybridized carbons (Fsp3) is 0.560. The molecule has 1 aliphatic rings. The third-order valence-corrected chi connectivity index (χ3v) is 5.72. The first-order chi connectivity index (χ1) is 14.2. The molecule has 1 aromatic rings. The number of aliphatic imine (C=N–C) groups is 1. The summed E-state index contributed by atoms with van der Waals surface area (Å²) in [7, 11) is 1.99. The number of benzene rings is 1. The molecule has 1 aromatic carbocycles. The van der Waals surface area contributed by atoms with Crippen LogP contribution < -0.4 is 0 Å². The summed E-state index contributed by atoms with van der Waals surface area (Å²) in [5.74, 6) is 0. The van der Waals surface area contributed by atoms with Crippen LogP contribution in [0.2, 0.25) is 0 Å². The van der Waals surface area contributed by atoms with E-state index in [1.54, 1.807) is 12.1 Å². The Morgan fingerprint density at radius 2 is 1.80 bits per heavy atom. The van der Waals surface area contributed by atoms with Gasteiger partial charge in [-0.05, 0) is 38.4 Å². The summed E-state index contributed by atoms with van der Waals surface area (Å²) >= 11 is 0. The smallest absolute Gasteiger partial charge is 0.291 e. The number of unbranched alkanes of at least 4 members (excludes halogenated alkanes) is 6. The lowest BCUT2D eigenvalue weighted by molar-refractivity contribution is -0.138. The van der Waals surface area contributed by atoms with Crippen LogP contribution >= 0.6 is 0 Å². The van der Waals surface area contributed by atoms with Crippen LogP contribution in [0.3, 0.4) is 0 Å². The van der Waals surface area contributed by atoms with Crippen LogP contribution in [0.15, 0.2) is 41.9 Å². The van der Waals surface area contributed by atoms with E-state index in [4.69, 9.17) is 0 Å². The molecule has 2 rings (SSSR count). The van der Waals surface area contributed by atoms with Gasteiger partial charge in [0.05, 0.1) is 17.3 Å². The molecule has 166 valence electrons. The summed E-state index contributed by atoms with van der Waals surface area (Å²) in [6.45, 7) is 8.84. The van der Waals surface area contributed by atoms with Crippen molar-refractivity contribution >= 4 is 11.4 Å². The Balaban J connectivity index is 2.06. The Hall–Kier alpha value is -1.88. The Kier molecular flexibility index (Phi) is 9.35. The van der Waals surface area contributed by atoms with Gasteiger partial charge >= 0.3 is 6.18 Å². The van der Waals surface area contributed by atoms with Crippen LogP contribution in [-0.4, -0.2) is 30.2 Å². The Morgan fingerprint density at radius 3 is 2.40 bits per heavy atom. The first-order valence-corrected chi connectivity index (χ1v) is 11.1. The van der Waals surface area contributed by atoms with E-state index in [1.165, 1.54) is 31.7 Å². The van der Waals surface area contributed by atoms with Gasteiger partial charge in [0.1, 0.15) is 0 Å². The Morgan fingerprint density at radius 1 is 1.13 bits per heavy atom. The zero-order valence-electron chi connectivity index (χ0n) is 18.6. The van der Waals surface area contributed by atoms with Gasteiger partial charge in [0.25, 0.3) is 0 Å². The summed E-state index contributed by atoms with van der Waals surface area (Å²) in [5, 5.41) is 0. The number of alkyl halides is 3. The minimum absolute atomic E-state index is 0.0698. The molecule has 0 radical (unpaired) electrons. The van der Waals surface area contributed by atoms with Crippen molar-refractivity contribution in [3.63, 3.8) is 0 Å². The second kappa shape index (κ2) is 11.5. The molecule has 0 fully saturated rings. The molecule has 0 N–H and O–H groups in total. The van der Waals surface area contributed by atoms with Crippen LogP contribution in [-0.2, 0) is 12.6 Å². The molecular formula is C25H35F3N2. The molecule has 1 unspecified atom stereocenters. The lowest BCUT2D eigenvalue weighted by Gasteiger charge is -2.19. The van der Waals surface area contributed by atoms with Crippen LogP contribution in [0.25, 0.3) is 5.70 Å². The zero-order chi connectivity index (χ0) is 22.1. The van der Waals surface area contributed by atoms with Crippen LogP contribution in [0, 0.1) is 0 Å². The third kappa shape index (κ3) is 7.12. The zero-order valence-corrected chi connectivity index (χ0v) is 18.6. The maximum atomic E-state index is 13.7. The molecule has 5 heteroatoms. The molecule has 1 aliphatic heterocycles. The van der Waals surface area contributed by atoms with Gasteiger partial charge in [0, 0.05) is 17.8 Å². The van der Waals surface area contributed by atoms with Crippen molar-refractivity contribution in [3.05, 3.63) is 53.6 Å². The van der Waals surface area contributed by atoms with E-state index < -0.39 is 11.7 Å². The van der Waals surface area contributed by atoms with Crippen LogP contribution in [0.1, 0.15) is 75.5 Å². The van der Waals surface area contributed by atoms with Crippen molar-refractivity contribution in [1.29, 1.82) is 0 Å².